The third-order valence-electron chi connectivity index (χ3n) is 3.38. The quantitative estimate of drug-likeness (QED) is 0.868. The number of H-pyrrole nitrogens is 1. The number of benzene rings is 1. The third-order valence-corrected chi connectivity index (χ3v) is 3.38. The summed E-state index contributed by atoms with van der Waals surface area (Å²) in [5.74, 6) is 0.940. The molecule has 2 rings (SSSR count). The zero-order chi connectivity index (χ0) is 13.8. The first-order valence-electron chi connectivity index (χ1n) is 6.46. The molecule has 4 nitrogen and oxygen atoms in total. The van der Waals surface area contributed by atoms with Crippen LogP contribution in [-0.4, -0.2) is 17.3 Å². The van der Waals surface area contributed by atoms with Gasteiger partial charge in [-0.1, -0.05) is 12.1 Å². The molecule has 4 heteroatoms. The first-order valence-corrected chi connectivity index (χ1v) is 6.46. The largest absolute Gasteiger partial charge is 0.496 e. The van der Waals surface area contributed by atoms with E-state index in [1.165, 1.54) is 11.1 Å². The Bertz CT molecular complexity index is 541. The van der Waals surface area contributed by atoms with E-state index in [4.69, 9.17) is 4.74 Å². The molecular formula is C15H21N3O. The number of nitrogens with zero attached hydrogens (tertiary/aromatic N) is 1. The van der Waals surface area contributed by atoms with Crippen molar-refractivity contribution in [3.8, 4) is 5.75 Å². The van der Waals surface area contributed by atoms with Crippen molar-refractivity contribution in [2.75, 3.05) is 7.11 Å². The Morgan fingerprint density at radius 1 is 1.21 bits per heavy atom. The minimum Gasteiger partial charge on any atom is -0.496 e. The highest BCUT2D eigenvalue weighted by molar-refractivity contribution is 5.36. The van der Waals surface area contributed by atoms with Crippen LogP contribution in [0.3, 0.4) is 0 Å². The minimum absolute atomic E-state index is 0.820. The molecule has 0 amide bonds. The number of nitrogens with one attached hydrogen (secondary N) is 2. The van der Waals surface area contributed by atoms with Gasteiger partial charge in [-0.05, 0) is 38.0 Å². The van der Waals surface area contributed by atoms with Crippen LogP contribution in [0.15, 0.2) is 18.2 Å². The summed E-state index contributed by atoms with van der Waals surface area (Å²) in [5, 5.41) is 10.6. The molecule has 0 spiro atoms. The molecule has 0 unspecified atom stereocenters. The van der Waals surface area contributed by atoms with E-state index in [-0.39, 0.29) is 0 Å². The summed E-state index contributed by atoms with van der Waals surface area (Å²) in [6.45, 7) is 7.76. The summed E-state index contributed by atoms with van der Waals surface area (Å²) >= 11 is 0. The normalized spacial score (nSPS) is 10.7. The van der Waals surface area contributed by atoms with E-state index in [1.807, 2.05) is 20.8 Å². The molecule has 0 aliphatic heterocycles. The Morgan fingerprint density at radius 2 is 2.00 bits per heavy atom. The smallest absolute Gasteiger partial charge is 0.122 e. The van der Waals surface area contributed by atoms with Gasteiger partial charge in [0.1, 0.15) is 5.75 Å². The molecule has 0 radical (unpaired) electrons. The molecule has 0 bridgehead atoms. The van der Waals surface area contributed by atoms with Gasteiger partial charge in [-0.2, -0.15) is 5.10 Å². The lowest BCUT2D eigenvalue weighted by Crippen LogP contribution is -2.13. The highest BCUT2D eigenvalue weighted by Crippen LogP contribution is 2.19. The van der Waals surface area contributed by atoms with Gasteiger partial charge in [0, 0.05) is 24.3 Å². The molecule has 0 saturated carbocycles. The highest BCUT2D eigenvalue weighted by atomic mass is 16.5. The van der Waals surface area contributed by atoms with Gasteiger partial charge in [-0.15, -0.1) is 0 Å². The van der Waals surface area contributed by atoms with Crippen LogP contribution in [0.2, 0.25) is 0 Å². The Kier molecular flexibility index (Phi) is 4.22. The Balaban J connectivity index is 1.96. The molecule has 0 aliphatic carbocycles. The summed E-state index contributed by atoms with van der Waals surface area (Å²) < 4.78 is 5.33. The van der Waals surface area contributed by atoms with Gasteiger partial charge >= 0.3 is 0 Å². The Hall–Kier alpha value is -1.81. The number of hydrogen-bond donors (Lipinski definition) is 2. The maximum absolute atomic E-state index is 5.33. The van der Waals surface area contributed by atoms with Crippen LogP contribution in [0.4, 0.5) is 0 Å². The number of methoxy groups -OCH3 is 1. The van der Waals surface area contributed by atoms with Crippen LogP contribution in [0.25, 0.3) is 0 Å². The van der Waals surface area contributed by atoms with Gasteiger partial charge < -0.3 is 10.1 Å². The van der Waals surface area contributed by atoms with E-state index >= 15 is 0 Å². The standard InChI is InChI=1S/C15H21N3O/c1-10-5-6-13(7-15(10)19-4)8-16-9-14-11(2)17-18-12(14)3/h5-7,16H,8-9H2,1-4H3,(H,17,18). The number of aryl methyl sites for hydroxylation is 3. The van der Waals surface area contributed by atoms with Crippen molar-refractivity contribution < 1.29 is 4.74 Å². The maximum atomic E-state index is 5.33. The second-order valence-corrected chi connectivity index (χ2v) is 4.82. The number of aromatic amines is 1. The van der Waals surface area contributed by atoms with Crippen molar-refractivity contribution in [3.05, 3.63) is 46.3 Å². The zero-order valence-corrected chi connectivity index (χ0v) is 12.0. The monoisotopic (exact) mass is 259 g/mol. The molecule has 1 heterocycles. The lowest BCUT2D eigenvalue weighted by Gasteiger charge is -2.09. The number of hydrogen-bond acceptors (Lipinski definition) is 3. The lowest BCUT2D eigenvalue weighted by atomic mass is 10.1. The van der Waals surface area contributed by atoms with Crippen LogP contribution < -0.4 is 10.1 Å². The minimum atomic E-state index is 0.820. The van der Waals surface area contributed by atoms with Crippen molar-refractivity contribution in [2.24, 2.45) is 0 Å². The molecule has 102 valence electrons. The summed E-state index contributed by atoms with van der Waals surface area (Å²) in [6, 6.07) is 6.29. The van der Waals surface area contributed by atoms with Gasteiger partial charge in [-0.3, -0.25) is 5.10 Å². The van der Waals surface area contributed by atoms with E-state index in [9.17, 15) is 0 Å². The van der Waals surface area contributed by atoms with E-state index in [0.29, 0.717) is 0 Å². The molecule has 0 atom stereocenters. The van der Waals surface area contributed by atoms with E-state index < -0.39 is 0 Å². The summed E-state index contributed by atoms with van der Waals surface area (Å²) in [6.07, 6.45) is 0. The van der Waals surface area contributed by atoms with Crippen molar-refractivity contribution in [1.82, 2.24) is 15.5 Å². The number of aromatic nitrogens is 2. The molecule has 1 aromatic carbocycles. The Labute approximate surface area is 114 Å². The average molecular weight is 259 g/mol. The van der Waals surface area contributed by atoms with Crippen LogP contribution in [0, 0.1) is 20.8 Å². The molecule has 0 saturated heterocycles. The van der Waals surface area contributed by atoms with Crippen molar-refractivity contribution >= 4 is 0 Å². The van der Waals surface area contributed by atoms with Crippen molar-refractivity contribution in [2.45, 2.75) is 33.9 Å². The molecule has 19 heavy (non-hydrogen) atoms. The average Bonchev–Trinajstić information content (AvgIpc) is 2.72. The van der Waals surface area contributed by atoms with Crippen LogP contribution in [-0.2, 0) is 13.1 Å². The highest BCUT2D eigenvalue weighted by Gasteiger charge is 2.06. The van der Waals surface area contributed by atoms with Crippen molar-refractivity contribution in [3.63, 3.8) is 0 Å². The third kappa shape index (κ3) is 3.15. The van der Waals surface area contributed by atoms with Gasteiger partial charge in [0.2, 0.25) is 0 Å². The van der Waals surface area contributed by atoms with Crippen LogP contribution in [0.5, 0.6) is 5.75 Å². The first-order chi connectivity index (χ1) is 9.11. The number of rotatable bonds is 5. The SMILES string of the molecule is COc1cc(CNCc2c(C)n[nH]c2C)ccc1C. The Morgan fingerprint density at radius 3 is 2.63 bits per heavy atom. The second kappa shape index (κ2) is 5.89. The van der Waals surface area contributed by atoms with Gasteiger partial charge in [0.25, 0.3) is 0 Å². The molecule has 1 aromatic heterocycles. The predicted octanol–water partition coefficient (Wildman–Crippen LogP) is 2.63. The predicted molar refractivity (Wildman–Crippen MR) is 76.3 cm³/mol. The van der Waals surface area contributed by atoms with E-state index in [0.717, 1.165) is 35.8 Å². The molecule has 2 N–H and O–H groups in total. The number of ether oxygens (including phenoxy) is 1. The molecular weight excluding hydrogens is 238 g/mol. The maximum Gasteiger partial charge on any atom is 0.122 e. The van der Waals surface area contributed by atoms with Crippen LogP contribution >= 0.6 is 0 Å². The van der Waals surface area contributed by atoms with Crippen LogP contribution in [0.1, 0.15) is 28.1 Å². The fourth-order valence-corrected chi connectivity index (χ4v) is 2.14. The first kappa shape index (κ1) is 13.6. The molecule has 2 aromatic rings. The van der Waals surface area contributed by atoms with E-state index in [2.05, 4.69) is 33.7 Å². The fourth-order valence-electron chi connectivity index (χ4n) is 2.14. The lowest BCUT2D eigenvalue weighted by molar-refractivity contribution is 0.411. The second-order valence-electron chi connectivity index (χ2n) is 4.82. The molecule has 0 fully saturated rings. The summed E-state index contributed by atoms with van der Waals surface area (Å²) in [5.41, 5.74) is 5.83. The summed E-state index contributed by atoms with van der Waals surface area (Å²) in [7, 11) is 1.71. The van der Waals surface area contributed by atoms with Gasteiger partial charge in [-0.25, -0.2) is 0 Å². The molecule has 0 aliphatic rings. The topological polar surface area (TPSA) is 49.9 Å². The zero-order valence-electron chi connectivity index (χ0n) is 12.0. The van der Waals surface area contributed by atoms with Gasteiger partial charge in [0.15, 0.2) is 0 Å². The van der Waals surface area contributed by atoms with Crippen molar-refractivity contribution in [1.29, 1.82) is 0 Å². The van der Waals surface area contributed by atoms with E-state index in [1.54, 1.807) is 7.11 Å². The fraction of sp³-hybridized carbons (Fsp3) is 0.400. The van der Waals surface area contributed by atoms with Gasteiger partial charge in [0.05, 0.1) is 12.8 Å². The summed E-state index contributed by atoms with van der Waals surface area (Å²) in [4.78, 5) is 0.